The van der Waals surface area contributed by atoms with Gasteiger partial charge in [-0.3, -0.25) is 14.3 Å². The summed E-state index contributed by atoms with van der Waals surface area (Å²) in [6, 6.07) is 13.6. The van der Waals surface area contributed by atoms with Crippen molar-refractivity contribution in [2.45, 2.75) is 37.4 Å². The van der Waals surface area contributed by atoms with Crippen LogP contribution in [0.25, 0.3) is 0 Å². The Balaban J connectivity index is 1.44. The van der Waals surface area contributed by atoms with Gasteiger partial charge in [0.25, 0.3) is 0 Å². The molecule has 0 bridgehead atoms. The molecular weight excluding hydrogens is 384 g/mol. The lowest BCUT2D eigenvalue weighted by molar-refractivity contribution is -0.118. The Morgan fingerprint density at radius 1 is 1.07 bits per heavy atom. The van der Waals surface area contributed by atoms with E-state index in [0.29, 0.717) is 18.1 Å². The zero-order valence-corrected chi connectivity index (χ0v) is 16.8. The van der Waals surface area contributed by atoms with E-state index in [2.05, 4.69) is 15.3 Å². The Hall–Kier alpha value is -2.93. The monoisotopic (exact) mass is 406 g/mol. The molecule has 3 aromatic rings. The van der Waals surface area contributed by atoms with Gasteiger partial charge in [0.1, 0.15) is 5.03 Å². The van der Waals surface area contributed by atoms with Gasteiger partial charge in [0.15, 0.2) is 0 Å². The normalized spacial score (nSPS) is 12.6. The molecule has 1 aromatic carbocycles. The molecule has 0 fully saturated rings. The van der Waals surface area contributed by atoms with Crippen molar-refractivity contribution in [3.8, 4) is 0 Å². The quantitative estimate of drug-likeness (QED) is 0.482. The minimum atomic E-state index is -0.255. The van der Waals surface area contributed by atoms with Gasteiger partial charge >= 0.3 is 5.69 Å². The molecule has 29 heavy (non-hydrogen) atoms. The van der Waals surface area contributed by atoms with Crippen molar-refractivity contribution < 1.29 is 4.79 Å². The first kappa shape index (κ1) is 19.4. The molecule has 0 atom stereocenters. The molecule has 4 rings (SSSR count). The van der Waals surface area contributed by atoms with Crippen LogP contribution in [0.3, 0.4) is 0 Å². The number of carbonyl (C=O) groups excluding carboxylic acids is 1. The predicted molar refractivity (Wildman–Crippen MR) is 113 cm³/mol. The summed E-state index contributed by atoms with van der Waals surface area (Å²) in [5.74, 6) is 0.188. The minimum Gasteiger partial charge on any atom is -0.351 e. The van der Waals surface area contributed by atoms with E-state index in [1.54, 1.807) is 17.0 Å². The van der Waals surface area contributed by atoms with Gasteiger partial charge in [-0.15, -0.1) is 0 Å². The van der Waals surface area contributed by atoms with Crippen molar-refractivity contribution in [1.29, 1.82) is 0 Å². The van der Waals surface area contributed by atoms with Gasteiger partial charge < -0.3 is 5.32 Å². The number of fused-ring (bicyclic) bond motifs is 1. The number of amides is 1. The van der Waals surface area contributed by atoms with Crippen molar-refractivity contribution >= 4 is 17.7 Å². The standard InChI is InChI=1S/C22H22N4O2S/c27-20(24-13-16-5-2-1-3-6-16)15-29-21-18-7-4-8-19(18)26(22(28)25-21)14-17-9-11-23-12-10-17/h1-3,5-6,9-12H,4,7-8,13-15H2,(H,24,27). The Bertz CT molecular complexity index is 1050. The Labute approximate surface area is 173 Å². The highest BCUT2D eigenvalue weighted by molar-refractivity contribution is 7.99. The molecule has 0 unspecified atom stereocenters. The molecule has 1 N–H and O–H groups in total. The lowest BCUT2D eigenvalue weighted by atomic mass is 10.2. The van der Waals surface area contributed by atoms with Gasteiger partial charge in [-0.25, -0.2) is 4.79 Å². The van der Waals surface area contributed by atoms with E-state index in [0.717, 1.165) is 41.6 Å². The van der Waals surface area contributed by atoms with E-state index in [-0.39, 0.29) is 17.3 Å². The van der Waals surface area contributed by atoms with Gasteiger partial charge in [0.05, 0.1) is 12.3 Å². The third kappa shape index (κ3) is 4.74. The summed E-state index contributed by atoms with van der Waals surface area (Å²) in [6.45, 7) is 0.999. The van der Waals surface area contributed by atoms with E-state index >= 15 is 0 Å². The summed E-state index contributed by atoms with van der Waals surface area (Å²) in [4.78, 5) is 33.2. The van der Waals surface area contributed by atoms with E-state index < -0.39 is 0 Å². The van der Waals surface area contributed by atoms with Gasteiger partial charge in [-0.2, -0.15) is 4.98 Å². The minimum absolute atomic E-state index is 0.0617. The number of benzene rings is 1. The van der Waals surface area contributed by atoms with Crippen molar-refractivity contribution in [3.05, 3.63) is 87.7 Å². The average molecular weight is 407 g/mol. The fourth-order valence-electron chi connectivity index (χ4n) is 3.52. The maximum Gasteiger partial charge on any atom is 0.349 e. The van der Waals surface area contributed by atoms with Crippen LogP contribution in [-0.4, -0.2) is 26.2 Å². The zero-order valence-electron chi connectivity index (χ0n) is 16.0. The molecule has 1 aliphatic carbocycles. The van der Waals surface area contributed by atoms with Crippen LogP contribution in [-0.2, 0) is 30.7 Å². The number of thioether (sulfide) groups is 1. The Kier molecular flexibility index (Phi) is 6.05. The highest BCUT2D eigenvalue weighted by Crippen LogP contribution is 2.29. The molecule has 2 aromatic heterocycles. The number of carbonyl (C=O) groups is 1. The Morgan fingerprint density at radius 2 is 1.86 bits per heavy atom. The highest BCUT2D eigenvalue weighted by atomic mass is 32.2. The summed E-state index contributed by atoms with van der Waals surface area (Å²) >= 11 is 1.35. The number of aromatic nitrogens is 3. The maximum atomic E-state index is 12.7. The topological polar surface area (TPSA) is 76.9 Å². The van der Waals surface area contributed by atoms with Gasteiger partial charge in [-0.05, 0) is 42.5 Å². The molecular formula is C22H22N4O2S. The van der Waals surface area contributed by atoms with Crippen LogP contribution in [0.4, 0.5) is 0 Å². The predicted octanol–water partition coefficient (Wildman–Crippen LogP) is 2.58. The molecule has 2 heterocycles. The van der Waals surface area contributed by atoms with Gasteiger partial charge in [-0.1, -0.05) is 42.1 Å². The Morgan fingerprint density at radius 3 is 2.66 bits per heavy atom. The van der Waals surface area contributed by atoms with Crippen LogP contribution in [0.5, 0.6) is 0 Å². The molecule has 7 heteroatoms. The third-order valence-electron chi connectivity index (χ3n) is 4.96. The first-order chi connectivity index (χ1) is 14.2. The third-order valence-corrected chi connectivity index (χ3v) is 5.98. The van der Waals surface area contributed by atoms with E-state index in [9.17, 15) is 9.59 Å². The second-order valence-corrected chi connectivity index (χ2v) is 7.93. The van der Waals surface area contributed by atoms with Crippen molar-refractivity contribution in [3.63, 3.8) is 0 Å². The summed E-state index contributed by atoms with van der Waals surface area (Å²) in [6.07, 6.45) is 6.22. The average Bonchev–Trinajstić information content (AvgIpc) is 3.24. The summed E-state index contributed by atoms with van der Waals surface area (Å²) < 4.78 is 1.76. The number of pyridine rings is 1. The van der Waals surface area contributed by atoms with Crippen LogP contribution < -0.4 is 11.0 Å². The van der Waals surface area contributed by atoms with Crippen molar-refractivity contribution in [1.82, 2.24) is 19.9 Å². The number of nitrogens with zero attached hydrogens (tertiary/aromatic N) is 3. The fourth-order valence-corrected chi connectivity index (χ4v) is 4.43. The first-order valence-electron chi connectivity index (χ1n) is 9.65. The summed E-state index contributed by atoms with van der Waals surface area (Å²) in [5.41, 5.74) is 3.99. The molecule has 1 aliphatic rings. The molecule has 6 nitrogen and oxygen atoms in total. The van der Waals surface area contributed by atoms with E-state index in [1.165, 1.54) is 11.8 Å². The summed E-state index contributed by atoms with van der Waals surface area (Å²) in [7, 11) is 0. The molecule has 0 spiro atoms. The van der Waals surface area contributed by atoms with E-state index in [1.807, 2.05) is 42.5 Å². The number of rotatable bonds is 7. The van der Waals surface area contributed by atoms with Crippen LogP contribution in [0.1, 0.15) is 28.8 Å². The molecule has 0 saturated heterocycles. The van der Waals surface area contributed by atoms with Gasteiger partial charge in [0, 0.05) is 30.2 Å². The second-order valence-electron chi connectivity index (χ2n) is 6.97. The number of hydrogen-bond acceptors (Lipinski definition) is 5. The lowest BCUT2D eigenvalue weighted by Gasteiger charge is -2.14. The zero-order chi connectivity index (χ0) is 20.1. The number of hydrogen-bond donors (Lipinski definition) is 1. The van der Waals surface area contributed by atoms with Crippen LogP contribution in [0, 0.1) is 0 Å². The SMILES string of the molecule is O=C(CSc1nc(=O)n(Cc2ccncc2)c2c1CCC2)NCc1ccccc1. The highest BCUT2D eigenvalue weighted by Gasteiger charge is 2.22. The lowest BCUT2D eigenvalue weighted by Crippen LogP contribution is -2.28. The van der Waals surface area contributed by atoms with Gasteiger partial charge in [0.2, 0.25) is 5.91 Å². The maximum absolute atomic E-state index is 12.7. The van der Waals surface area contributed by atoms with Crippen LogP contribution in [0.15, 0.2) is 64.7 Å². The largest absolute Gasteiger partial charge is 0.351 e. The number of nitrogens with one attached hydrogen (secondary N) is 1. The molecule has 0 aliphatic heterocycles. The second kappa shape index (κ2) is 9.05. The molecule has 0 radical (unpaired) electrons. The van der Waals surface area contributed by atoms with Crippen molar-refractivity contribution in [2.24, 2.45) is 0 Å². The molecule has 148 valence electrons. The molecule has 1 amide bonds. The van der Waals surface area contributed by atoms with Crippen LogP contribution in [0.2, 0.25) is 0 Å². The fraction of sp³-hybridized carbons (Fsp3) is 0.273. The van der Waals surface area contributed by atoms with Crippen molar-refractivity contribution in [2.75, 3.05) is 5.75 Å². The smallest absolute Gasteiger partial charge is 0.349 e. The van der Waals surface area contributed by atoms with Crippen LogP contribution >= 0.6 is 11.8 Å². The first-order valence-corrected chi connectivity index (χ1v) is 10.6. The molecule has 0 saturated carbocycles. The summed E-state index contributed by atoms with van der Waals surface area (Å²) in [5, 5.41) is 3.62. The van der Waals surface area contributed by atoms with E-state index in [4.69, 9.17) is 0 Å².